The lowest BCUT2D eigenvalue weighted by molar-refractivity contribution is -0.114. The Morgan fingerprint density at radius 1 is 1.08 bits per heavy atom. The summed E-state index contributed by atoms with van der Waals surface area (Å²) in [5.74, 6) is -0.362. The molecule has 0 saturated heterocycles. The first-order valence-electron chi connectivity index (χ1n) is 8.56. The zero-order valence-corrected chi connectivity index (χ0v) is 16.8. The first-order chi connectivity index (χ1) is 12.1. The fourth-order valence-corrected chi connectivity index (χ4v) is 3.85. The van der Waals surface area contributed by atoms with E-state index >= 15 is 0 Å². The van der Waals surface area contributed by atoms with Gasteiger partial charge in [-0.05, 0) is 61.6 Å². The number of hydrogen-bond acceptors (Lipinski definition) is 3. The van der Waals surface area contributed by atoms with Crippen molar-refractivity contribution in [1.29, 1.82) is 0 Å². The number of sulfonamides is 1. The molecule has 0 fully saturated rings. The number of nitrogens with zero attached hydrogens (tertiary/aromatic N) is 1. The predicted molar refractivity (Wildman–Crippen MR) is 107 cm³/mol. The molecule has 0 aliphatic rings. The third-order valence-electron chi connectivity index (χ3n) is 4.19. The highest BCUT2D eigenvalue weighted by Crippen LogP contribution is 2.23. The summed E-state index contributed by atoms with van der Waals surface area (Å²) in [4.78, 5) is 12.6. The van der Waals surface area contributed by atoms with Crippen LogP contribution in [0.4, 0.5) is 11.4 Å². The highest BCUT2D eigenvalue weighted by atomic mass is 32.2. The Labute approximate surface area is 156 Å². The van der Waals surface area contributed by atoms with Gasteiger partial charge in [0.05, 0.1) is 11.9 Å². The molecule has 6 heteroatoms. The average Bonchev–Trinajstić information content (AvgIpc) is 2.52. The van der Waals surface area contributed by atoms with Gasteiger partial charge in [0.1, 0.15) is 6.54 Å². The number of anilines is 2. The number of hydrogen-bond donors (Lipinski definition) is 1. The second kappa shape index (κ2) is 7.91. The fraction of sp³-hybridized carbons (Fsp3) is 0.350. The Hall–Kier alpha value is -2.34. The third-order valence-corrected chi connectivity index (χ3v) is 5.33. The Balaban J connectivity index is 2.31. The van der Waals surface area contributed by atoms with Crippen LogP contribution in [0.25, 0.3) is 0 Å². The van der Waals surface area contributed by atoms with Crippen LogP contribution in [0, 0.1) is 20.8 Å². The number of amides is 1. The molecule has 140 valence electrons. The van der Waals surface area contributed by atoms with Gasteiger partial charge in [0.15, 0.2) is 0 Å². The third kappa shape index (κ3) is 4.85. The summed E-state index contributed by atoms with van der Waals surface area (Å²) in [6, 6.07) is 11.3. The van der Waals surface area contributed by atoms with E-state index in [1.54, 1.807) is 12.1 Å². The Morgan fingerprint density at radius 3 is 2.23 bits per heavy atom. The number of rotatable bonds is 6. The second-order valence-electron chi connectivity index (χ2n) is 6.63. The lowest BCUT2D eigenvalue weighted by Gasteiger charge is -2.23. The first-order valence-corrected chi connectivity index (χ1v) is 10.4. The Bertz CT molecular complexity index is 900. The number of carbonyl (C=O) groups is 1. The minimum absolute atomic E-state index is 0.265. The van der Waals surface area contributed by atoms with Crippen LogP contribution < -0.4 is 9.62 Å². The summed E-state index contributed by atoms with van der Waals surface area (Å²) in [7, 11) is -3.59. The highest BCUT2D eigenvalue weighted by Gasteiger charge is 2.22. The van der Waals surface area contributed by atoms with Crippen LogP contribution in [-0.4, -0.2) is 27.1 Å². The SMILES string of the molecule is CCc1cccc(C)c1NC(=O)CN(c1cc(C)cc(C)c1)S(C)(=O)=O. The van der Waals surface area contributed by atoms with E-state index in [1.165, 1.54) is 0 Å². The summed E-state index contributed by atoms with van der Waals surface area (Å²) in [5, 5.41) is 2.89. The monoisotopic (exact) mass is 374 g/mol. The van der Waals surface area contributed by atoms with Crippen LogP contribution in [-0.2, 0) is 21.2 Å². The van der Waals surface area contributed by atoms with Crippen molar-refractivity contribution < 1.29 is 13.2 Å². The molecular weight excluding hydrogens is 348 g/mol. The van der Waals surface area contributed by atoms with E-state index in [2.05, 4.69) is 5.32 Å². The molecule has 0 bridgehead atoms. The minimum Gasteiger partial charge on any atom is -0.324 e. The molecule has 0 heterocycles. The molecule has 0 atom stereocenters. The maximum atomic E-state index is 12.6. The number of nitrogens with one attached hydrogen (secondary N) is 1. The molecule has 0 spiro atoms. The van der Waals surface area contributed by atoms with Gasteiger partial charge in [-0.2, -0.15) is 0 Å². The molecule has 0 saturated carbocycles. The molecule has 0 radical (unpaired) electrons. The van der Waals surface area contributed by atoms with Gasteiger partial charge in [0.2, 0.25) is 15.9 Å². The van der Waals surface area contributed by atoms with E-state index in [-0.39, 0.29) is 12.5 Å². The molecule has 1 N–H and O–H groups in total. The highest BCUT2D eigenvalue weighted by molar-refractivity contribution is 7.92. The van der Waals surface area contributed by atoms with Gasteiger partial charge in [0, 0.05) is 5.69 Å². The van der Waals surface area contributed by atoms with Crippen molar-refractivity contribution in [2.75, 3.05) is 22.4 Å². The average molecular weight is 375 g/mol. The summed E-state index contributed by atoms with van der Waals surface area (Å²) < 4.78 is 25.7. The van der Waals surface area contributed by atoms with Crippen molar-refractivity contribution in [3.63, 3.8) is 0 Å². The van der Waals surface area contributed by atoms with Crippen LogP contribution in [0.2, 0.25) is 0 Å². The molecule has 1 amide bonds. The van der Waals surface area contributed by atoms with Crippen LogP contribution in [0.5, 0.6) is 0 Å². The van der Waals surface area contributed by atoms with Gasteiger partial charge in [-0.15, -0.1) is 0 Å². The molecule has 2 aromatic rings. The predicted octanol–water partition coefficient (Wildman–Crippen LogP) is 3.58. The second-order valence-corrected chi connectivity index (χ2v) is 8.53. The van der Waals surface area contributed by atoms with Crippen molar-refractivity contribution in [1.82, 2.24) is 0 Å². The van der Waals surface area contributed by atoms with E-state index in [0.717, 1.165) is 44.9 Å². The van der Waals surface area contributed by atoms with Gasteiger partial charge in [-0.1, -0.05) is 31.2 Å². The summed E-state index contributed by atoms with van der Waals surface area (Å²) in [5.41, 5.74) is 5.13. The van der Waals surface area contributed by atoms with Gasteiger partial charge < -0.3 is 5.32 Å². The molecule has 2 rings (SSSR count). The van der Waals surface area contributed by atoms with Gasteiger partial charge >= 0.3 is 0 Å². The van der Waals surface area contributed by atoms with E-state index in [9.17, 15) is 13.2 Å². The number of benzene rings is 2. The van der Waals surface area contributed by atoms with Crippen molar-refractivity contribution in [3.8, 4) is 0 Å². The number of aryl methyl sites for hydroxylation is 4. The topological polar surface area (TPSA) is 66.5 Å². The molecule has 0 aromatic heterocycles. The van der Waals surface area contributed by atoms with Gasteiger partial charge in [-0.25, -0.2) is 8.42 Å². The molecule has 2 aromatic carbocycles. The normalized spacial score (nSPS) is 11.3. The fourth-order valence-electron chi connectivity index (χ4n) is 3.01. The van der Waals surface area contributed by atoms with E-state index in [4.69, 9.17) is 0 Å². The zero-order valence-electron chi connectivity index (χ0n) is 16.0. The molecule has 0 aliphatic carbocycles. The lowest BCUT2D eigenvalue weighted by Crippen LogP contribution is -2.37. The van der Waals surface area contributed by atoms with Crippen LogP contribution in [0.3, 0.4) is 0 Å². The van der Waals surface area contributed by atoms with Crippen molar-refractivity contribution in [2.24, 2.45) is 0 Å². The summed E-state index contributed by atoms with van der Waals surface area (Å²) >= 11 is 0. The largest absolute Gasteiger partial charge is 0.324 e. The van der Waals surface area contributed by atoms with E-state index in [0.29, 0.717) is 5.69 Å². The maximum Gasteiger partial charge on any atom is 0.245 e. The van der Waals surface area contributed by atoms with Crippen molar-refractivity contribution in [2.45, 2.75) is 34.1 Å². The smallest absolute Gasteiger partial charge is 0.245 e. The zero-order chi connectivity index (χ0) is 19.5. The van der Waals surface area contributed by atoms with Crippen molar-refractivity contribution in [3.05, 3.63) is 58.7 Å². The van der Waals surface area contributed by atoms with E-state index in [1.807, 2.05) is 52.0 Å². The van der Waals surface area contributed by atoms with Gasteiger partial charge in [-0.3, -0.25) is 9.10 Å². The van der Waals surface area contributed by atoms with Crippen molar-refractivity contribution >= 4 is 27.3 Å². The maximum absolute atomic E-state index is 12.6. The van der Waals surface area contributed by atoms with E-state index < -0.39 is 10.0 Å². The quantitative estimate of drug-likeness (QED) is 0.840. The molecule has 5 nitrogen and oxygen atoms in total. The Kier molecular flexibility index (Phi) is 6.08. The molecule has 26 heavy (non-hydrogen) atoms. The number of para-hydroxylation sites is 1. The Morgan fingerprint density at radius 2 is 1.69 bits per heavy atom. The number of carbonyl (C=O) groups excluding carboxylic acids is 1. The molecule has 0 aliphatic heterocycles. The molecular formula is C20H26N2O3S. The van der Waals surface area contributed by atoms with Gasteiger partial charge in [0.25, 0.3) is 0 Å². The lowest BCUT2D eigenvalue weighted by atomic mass is 10.1. The van der Waals surface area contributed by atoms with Crippen LogP contribution in [0.15, 0.2) is 36.4 Å². The van der Waals surface area contributed by atoms with Crippen LogP contribution in [0.1, 0.15) is 29.2 Å². The minimum atomic E-state index is -3.59. The standard InChI is InChI=1S/C20H26N2O3S/c1-6-17-9-7-8-16(4)20(17)21-19(23)13-22(26(5,24)25)18-11-14(2)10-15(3)12-18/h7-12H,6,13H2,1-5H3,(H,21,23). The molecule has 0 unspecified atom stereocenters. The first kappa shape index (κ1) is 20.0. The van der Waals surface area contributed by atoms with Crippen LogP contribution >= 0.6 is 0 Å². The summed E-state index contributed by atoms with van der Waals surface area (Å²) in [6.07, 6.45) is 1.90. The summed E-state index contributed by atoms with van der Waals surface area (Å²) in [6.45, 7) is 7.48.